The van der Waals surface area contributed by atoms with Gasteiger partial charge in [-0.05, 0) is 31.2 Å². The van der Waals surface area contributed by atoms with Gasteiger partial charge in [0.25, 0.3) is 5.91 Å². The van der Waals surface area contributed by atoms with Crippen molar-refractivity contribution in [2.24, 2.45) is 0 Å². The van der Waals surface area contributed by atoms with Crippen LogP contribution in [0.3, 0.4) is 0 Å². The van der Waals surface area contributed by atoms with Crippen LogP contribution in [0.15, 0.2) is 47.2 Å². The highest BCUT2D eigenvalue weighted by atomic mass is 16.3. The monoisotopic (exact) mass is 283 g/mol. The fourth-order valence-corrected chi connectivity index (χ4v) is 2.42. The van der Waals surface area contributed by atoms with Gasteiger partial charge in [-0.25, -0.2) is 0 Å². The predicted molar refractivity (Wildman–Crippen MR) is 80.2 cm³/mol. The molecule has 3 aromatic heterocycles. The van der Waals surface area contributed by atoms with Crippen LogP contribution in [0.4, 0.5) is 0 Å². The molecule has 1 amide bonds. The Morgan fingerprint density at radius 3 is 3.05 bits per heavy atom. The first-order chi connectivity index (χ1) is 10.3. The Morgan fingerprint density at radius 2 is 2.29 bits per heavy atom. The summed E-state index contributed by atoms with van der Waals surface area (Å²) in [7, 11) is 0. The van der Waals surface area contributed by atoms with Crippen molar-refractivity contribution in [3.63, 3.8) is 0 Å². The van der Waals surface area contributed by atoms with E-state index in [1.807, 2.05) is 41.8 Å². The van der Waals surface area contributed by atoms with Crippen molar-refractivity contribution in [2.75, 3.05) is 6.54 Å². The first-order valence-corrected chi connectivity index (χ1v) is 7.04. The van der Waals surface area contributed by atoms with Crippen LogP contribution in [-0.4, -0.2) is 22.0 Å². The topological polar surface area (TPSA) is 60.1 Å². The largest absolute Gasteiger partial charge is 0.448 e. The number of aromatic nitrogens is 2. The molecule has 5 heteroatoms. The van der Waals surface area contributed by atoms with Crippen LogP contribution in [0.2, 0.25) is 0 Å². The lowest BCUT2D eigenvalue weighted by Gasteiger charge is -2.07. The second-order valence-corrected chi connectivity index (χ2v) is 4.78. The molecule has 0 saturated heterocycles. The molecule has 21 heavy (non-hydrogen) atoms. The zero-order valence-corrected chi connectivity index (χ0v) is 11.9. The number of nitrogens with zero attached hydrogens (tertiary/aromatic N) is 2. The van der Waals surface area contributed by atoms with Gasteiger partial charge in [-0.3, -0.25) is 9.78 Å². The van der Waals surface area contributed by atoms with Crippen LogP contribution in [0.1, 0.15) is 23.1 Å². The van der Waals surface area contributed by atoms with Crippen molar-refractivity contribution < 1.29 is 9.21 Å². The van der Waals surface area contributed by atoms with E-state index in [2.05, 4.69) is 10.3 Å². The number of nitrogens with one attached hydrogen (secondary N) is 1. The molecule has 0 radical (unpaired) electrons. The van der Waals surface area contributed by atoms with Gasteiger partial charge in [0.05, 0.1) is 6.26 Å². The number of hydrogen-bond donors (Lipinski definition) is 1. The molecule has 108 valence electrons. The van der Waals surface area contributed by atoms with E-state index in [-0.39, 0.29) is 5.91 Å². The second kappa shape index (κ2) is 5.83. The summed E-state index contributed by atoms with van der Waals surface area (Å²) in [4.78, 5) is 16.5. The van der Waals surface area contributed by atoms with Crippen LogP contribution in [0.25, 0.3) is 11.1 Å². The first-order valence-electron chi connectivity index (χ1n) is 7.04. The van der Waals surface area contributed by atoms with Crippen molar-refractivity contribution in [2.45, 2.75) is 19.9 Å². The number of pyridine rings is 1. The highest BCUT2D eigenvalue weighted by molar-refractivity contribution is 5.97. The average molecular weight is 283 g/mol. The SMILES string of the molecule is CCn1c(C(=O)NCCc2ccccn2)cc2ccoc21. The molecule has 3 aromatic rings. The molecule has 0 unspecified atom stereocenters. The molecule has 3 rings (SSSR count). The number of hydrogen-bond acceptors (Lipinski definition) is 3. The molecule has 5 nitrogen and oxygen atoms in total. The third kappa shape index (κ3) is 2.67. The van der Waals surface area contributed by atoms with E-state index < -0.39 is 0 Å². The van der Waals surface area contributed by atoms with Crippen molar-refractivity contribution in [1.82, 2.24) is 14.9 Å². The Kier molecular flexibility index (Phi) is 3.73. The minimum absolute atomic E-state index is 0.0841. The molecule has 0 atom stereocenters. The van der Waals surface area contributed by atoms with E-state index in [1.54, 1.807) is 12.5 Å². The molecular weight excluding hydrogens is 266 g/mol. The van der Waals surface area contributed by atoms with Crippen molar-refractivity contribution >= 4 is 17.0 Å². The third-order valence-corrected chi connectivity index (χ3v) is 3.44. The van der Waals surface area contributed by atoms with E-state index in [1.165, 1.54) is 0 Å². The first kappa shape index (κ1) is 13.4. The Labute approximate surface area is 122 Å². The van der Waals surface area contributed by atoms with Gasteiger partial charge in [0.15, 0.2) is 0 Å². The molecule has 0 aliphatic rings. The normalized spacial score (nSPS) is 10.9. The lowest BCUT2D eigenvalue weighted by Crippen LogP contribution is -2.27. The third-order valence-electron chi connectivity index (χ3n) is 3.44. The molecule has 0 aromatic carbocycles. The van der Waals surface area contributed by atoms with Gasteiger partial charge in [0.1, 0.15) is 5.69 Å². The van der Waals surface area contributed by atoms with Crippen LogP contribution in [0.5, 0.6) is 0 Å². The number of fused-ring (bicyclic) bond motifs is 1. The summed E-state index contributed by atoms with van der Waals surface area (Å²) < 4.78 is 7.30. The Balaban J connectivity index is 1.68. The summed E-state index contributed by atoms with van der Waals surface area (Å²) >= 11 is 0. The number of amides is 1. The number of aryl methyl sites for hydroxylation is 1. The van der Waals surface area contributed by atoms with Gasteiger partial charge in [-0.2, -0.15) is 0 Å². The molecule has 1 N–H and O–H groups in total. The Hall–Kier alpha value is -2.56. The van der Waals surface area contributed by atoms with Gasteiger partial charge in [0, 0.05) is 36.8 Å². The maximum Gasteiger partial charge on any atom is 0.268 e. The second-order valence-electron chi connectivity index (χ2n) is 4.78. The van der Waals surface area contributed by atoms with Gasteiger partial charge < -0.3 is 14.3 Å². The molecule has 0 spiro atoms. The van der Waals surface area contributed by atoms with Gasteiger partial charge >= 0.3 is 0 Å². The average Bonchev–Trinajstić information content (AvgIpc) is 3.08. The summed E-state index contributed by atoms with van der Waals surface area (Å²) in [6, 6.07) is 9.50. The molecule has 3 heterocycles. The lowest BCUT2D eigenvalue weighted by atomic mass is 10.2. The zero-order chi connectivity index (χ0) is 14.7. The number of carbonyl (C=O) groups excluding carboxylic acids is 1. The summed E-state index contributed by atoms with van der Waals surface area (Å²) in [6.45, 7) is 3.25. The maximum absolute atomic E-state index is 12.3. The Morgan fingerprint density at radius 1 is 1.38 bits per heavy atom. The molecule has 0 bridgehead atoms. The predicted octanol–water partition coefficient (Wildman–Crippen LogP) is 2.62. The molecule has 0 saturated carbocycles. The summed E-state index contributed by atoms with van der Waals surface area (Å²) in [5.74, 6) is -0.0841. The lowest BCUT2D eigenvalue weighted by molar-refractivity contribution is 0.0945. The van der Waals surface area contributed by atoms with Crippen molar-refractivity contribution in [3.8, 4) is 0 Å². The highest BCUT2D eigenvalue weighted by Crippen LogP contribution is 2.20. The van der Waals surface area contributed by atoms with E-state index in [4.69, 9.17) is 4.42 Å². The summed E-state index contributed by atoms with van der Waals surface area (Å²) in [6.07, 6.45) is 4.11. The molecular formula is C16H17N3O2. The summed E-state index contributed by atoms with van der Waals surface area (Å²) in [5.41, 5.74) is 2.35. The quantitative estimate of drug-likeness (QED) is 0.783. The number of carbonyl (C=O) groups is 1. The van der Waals surface area contributed by atoms with Crippen LogP contribution in [0, 0.1) is 0 Å². The standard InChI is InChI=1S/C16H17N3O2/c1-2-19-14(11-12-7-10-21-16(12)19)15(20)18-9-6-13-5-3-4-8-17-13/h3-5,7-8,10-11H,2,6,9H2,1H3,(H,18,20). The number of furan rings is 1. The summed E-state index contributed by atoms with van der Waals surface area (Å²) in [5, 5.41) is 3.88. The maximum atomic E-state index is 12.3. The smallest absolute Gasteiger partial charge is 0.268 e. The van der Waals surface area contributed by atoms with Crippen LogP contribution in [-0.2, 0) is 13.0 Å². The highest BCUT2D eigenvalue weighted by Gasteiger charge is 2.16. The minimum atomic E-state index is -0.0841. The molecule has 0 aliphatic heterocycles. The van der Waals surface area contributed by atoms with Crippen LogP contribution >= 0.6 is 0 Å². The number of rotatable bonds is 5. The van der Waals surface area contributed by atoms with Crippen molar-refractivity contribution in [3.05, 3.63) is 54.2 Å². The molecule has 0 fully saturated rings. The van der Waals surface area contributed by atoms with Gasteiger partial charge in [0.2, 0.25) is 5.71 Å². The van der Waals surface area contributed by atoms with Gasteiger partial charge in [-0.1, -0.05) is 6.07 Å². The van der Waals surface area contributed by atoms with Crippen LogP contribution < -0.4 is 5.32 Å². The van der Waals surface area contributed by atoms with Gasteiger partial charge in [-0.15, -0.1) is 0 Å². The fourth-order valence-electron chi connectivity index (χ4n) is 2.42. The van der Waals surface area contributed by atoms with E-state index in [9.17, 15) is 4.79 Å². The Bertz CT molecular complexity index is 743. The van der Waals surface area contributed by atoms with E-state index >= 15 is 0 Å². The fraction of sp³-hybridized carbons (Fsp3) is 0.250. The zero-order valence-electron chi connectivity index (χ0n) is 11.9. The minimum Gasteiger partial charge on any atom is -0.448 e. The van der Waals surface area contributed by atoms with E-state index in [0.29, 0.717) is 18.8 Å². The molecule has 0 aliphatic carbocycles. The van der Waals surface area contributed by atoms with Crippen molar-refractivity contribution in [1.29, 1.82) is 0 Å². The van der Waals surface area contributed by atoms with E-state index in [0.717, 1.165) is 23.2 Å².